The summed E-state index contributed by atoms with van der Waals surface area (Å²) in [5.74, 6) is 1.96. The summed E-state index contributed by atoms with van der Waals surface area (Å²) in [5.41, 5.74) is 0.966. The molecule has 0 amide bonds. The number of hydrogen-bond acceptors (Lipinski definition) is 4. The van der Waals surface area contributed by atoms with E-state index in [9.17, 15) is 4.79 Å². The quantitative estimate of drug-likeness (QED) is 0.943. The number of nitrogens with one attached hydrogen (secondary N) is 1. The first-order valence-corrected chi connectivity index (χ1v) is 6.69. The number of aromatic amines is 1. The second-order valence-electron chi connectivity index (χ2n) is 5.83. The van der Waals surface area contributed by atoms with E-state index in [1.807, 2.05) is 32.9 Å². The second-order valence-corrected chi connectivity index (χ2v) is 5.83. The van der Waals surface area contributed by atoms with Crippen LogP contribution >= 0.6 is 0 Å². The number of aromatic nitrogens is 2. The molecule has 0 saturated carbocycles. The topological polar surface area (TPSA) is 64.2 Å². The third-order valence-electron chi connectivity index (χ3n) is 3.10. The van der Waals surface area contributed by atoms with Gasteiger partial charge in [-0.15, -0.1) is 0 Å². The van der Waals surface area contributed by atoms with Crippen molar-refractivity contribution in [3.05, 3.63) is 40.4 Å². The molecule has 0 atom stereocenters. The van der Waals surface area contributed by atoms with Crippen molar-refractivity contribution in [2.24, 2.45) is 0 Å². The Balaban J connectivity index is 2.61. The van der Waals surface area contributed by atoms with Crippen LogP contribution in [0.3, 0.4) is 0 Å². The van der Waals surface area contributed by atoms with Gasteiger partial charge in [0.05, 0.1) is 19.9 Å². The summed E-state index contributed by atoms with van der Waals surface area (Å²) < 4.78 is 10.5. The van der Waals surface area contributed by atoms with Gasteiger partial charge in [0, 0.05) is 23.1 Å². The SMILES string of the molecule is COc1cc(OC)cc(-c2cc(=O)[nH]c(C(C)(C)C)n2)c1. The maximum atomic E-state index is 11.9. The summed E-state index contributed by atoms with van der Waals surface area (Å²) in [4.78, 5) is 19.2. The molecule has 0 aliphatic carbocycles. The number of benzene rings is 1. The van der Waals surface area contributed by atoms with E-state index >= 15 is 0 Å². The van der Waals surface area contributed by atoms with Crippen molar-refractivity contribution < 1.29 is 9.47 Å². The Morgan fingerprint density at radius 1 is 1.00 bits per heavy atom. The first kappa shape index (κ1) is 15.1. The third kappa shape index (κ3) is 3.42. The van der Waals surface area contributed by atoms with Crippen LogP contribution in [0.1, 0.15) is 26.6 Å². The fourth-order valence-electron chi connectivity index (χ4n) is 1.92. The van der Waals surface area contributed by atoms with Crippen LogP contribution < -0.4 is 15.0 Å². The van der Waals surface area contributed by atoms with E-state index in [1.165, 1.54) is 6.07 Å². The molecule has 0 unspecified atom stereocenters. The highest BCUT2D eigenvalue weighted by Gasteiger charge is 2.18. The van der Waals surface area contributed by atoms with Gasteiger partial charge in [-0.25, -0.2) is 4.98 Å². The van der Waals surface area contributed by atoms with E-state index in [0.717, 1.165) is 5.56 Å². The van der Waals surface area contributed by atoms with Crippen LogP contribution in [0.15, 0.2) is 29.1 Å². The van der Waals surface area contributed by atoms with Crippen LogP contribution in [0.2, 0.25) is 0 Å². The van der Waals surface area contributed by atoms with Gasteiger partial charge in [0.25, 0.3) is 5.56 Å². The molecule has 0 bridgehead atoms. The minimum absolute atomic E-state index is 0.174. The Morgan fingerprint density at radius 3 is 2.05 bits per heavy atom. The van der Waals surface area contributed by atoms with Gasteiger partial charge < -0.3 is 14.5 Å². The molecule has 5 heteroatoms. The van der Waals surface area contributed by atoms with E-state index in [0.29, 0.717) is 23.0 Å². The molecule has 21 heavy (non-hydrogen) atoms. The largest absolute Gasteiger partial charge is 0.497 e. The van der Waals surface area contributed by atoms with Crippen molar-refractivity contribution in [2.75, 3.05) is 14.2 Å². The molecule has 1 heterocycles. The highest BCUT2D eigenvalue weighted by molar-refractivity contribution is 5.63. The standard InChI is InChI=1S/C16H20N2O3/c1-16(2,3)15-17-13(9-14(19)18-15)10-6-11(20-4)8-12(7-10)21-5/h6-9H,1-5H3,(H,17,18,19). The van der Waals surface area contributed by atoms with E-state index in [4.69, 9.17) is 9.47 Å². The zero-order valence-electron chi connectivity index (χ0n) is 13.0. The number of ether oxygens (including phenoxy) is 2. The van der Waals surface area contributed by atoms with Gasteiger partial charge in [-0.1, -0.05) is 20.8 Å². The number of rotatable bonds is 3. The Bertz CT molecular complexity index is 677. The predicted octanol–water partition coefficient (Wildman–Crippen LogP) is 2.75. The first-order chi connectivity index (χ1) is 9.83. The summed E-state index contributed by atoms with van der Waals surface area (Å²) in [6.07, 6.45) is 0. The zero-order chi connectivity index (χ0) is 15.6. The van der Waals surface area contributed by atoms with Crippen molar-refractivity contribution >= 4 is 0 Å². The van der Waals surface area contributed by atoms with Crippen molar-refractivity contribution in [1.29, 1.82) is 0 Å². The predicted molar refractivity (Wildman–Crippen MR) is 82.1 cm³/mol. The normalized spacial score (nSPS) is 11.3. The molecule has 1 N–H and O–H groups in total. The summed E-state index contributed by atoms with van der Waals surface area (Å²) >= 11 is 0. The summed E-state index contributed by atoms with van der Waals surface area (Å²) in [5, 5.41) is 0. The van der Waals surface area contributed by atoms with Crippen molar-refractivity contribution in [1.82, 2.24) is 9.97 Å². The van der Waals surface area contributed by atoms with Crippen LogP contribution in [0.4, 0.5) is 0 Å². The molecular formula is C16H20N2O3. The third-order valence-corrected chi connectivity index (χ3v) is 3.10. The average Bonchev–Trinajstić information content (AvgIpc) is 2.45. The molecular weight excluding hydrogens is 268 g/mol. The summed E-state index contributed by atoms with van der Waals surface area (Å²) in [6.45, 7) is 6.00. The van der Waals surface area contributed by atoms with Crippen molar-refractivity contribution in [3.63, 3.8) is 0 Å². The molecule has 0 aliphatic heterocycles. The van der Waals surface area contributed by atoms with E-state index in [2.05, 4.69) is 9.97 Å². The average molecular weight is 288 g/mol. The van der Waals surface area contributed by atoms with Gasteiger partial charge in [0.2, 0.25) is 0 Å². The number of nitrogens with zero attached hydrogens (tertiary/aromatic N) is 1. The molecule has 2 rings (SSSR count). The van der Waals surface area contributed by atoms with Crippen molar-refractivity contribution in [2.45, 2.75) is 26.2 Å². The van der Waals surface area contributed by atoms with Gasteiger partial charge in [-0.2, -0.15) is 0 Å². The molecule has 0 saturated heterocycles. The second kappa shape index (κ2) is 5.60. The lowest BCUT2D eigenvalue weighted by Gasteiger charge is -2.18. The molecule has 2 aromatic rings. The molecule has 1 aromatic heterocycles. The van der Waals surface area contributed by atoms with Gasteiger partial charge in [0.1, 0.15) is 17.3 Å². The highest BCUT2D eigenvalue weighted by Crippen LogP contribution is 2.29. The molecule has 112 valence electrons. The fourth-order valence-corrected chi connectivity index (χ4v) is 1.92. The van der Waals surface area contributed by atoms with E-state index in [1.54, 1.807) is 20.3 Å². The van der Waals surface area contributed by atoms with Crippen LogP contribution in [0, 0.1) is 0 Å². The van der Waals surface area contributed by atoms with Gasteiger partial charge in [-0.3, -0.25) is 4.79 Å². The Labute approximate surface area is 124 Å². The van der Waals surface area contributed by atoms with Crippen LogP contribution in [0.5, 0.6) is 11.5 Å². The number of methoxy groups -OCH3 is 2. The minimum atomic E-state index is -0.238. The monoisotopic (exact) mass is 288 g/mol. The molecule has 1 aromatic carbocycles. The van der Waals surface area contributed by atoms with Gasteiger partial charge in [0.15, 0.2) is 0 Å². The Hall–Kier alpha value is -2.30. The maximum absolute atomic E-state index is 11.9. The smallest absolute Gasteiger partial charge is 0.251 e. The summed E-state index contributed by atoms with van der Waals surface area (Å²) in [7, 11) is 3.18. The highest BCUT2D eigenvalue weighted by atomic mass is 16.5. The van der Waals surface area contributed by atoms with E-state index in [-0.39, 0.29) is 11.0 Å². The number of hydrogen-bond donors (Lipinski definition) is 1. The zero-order valence-corrected chi connectivity index (χ0v) is 13.0. The lowest BCUT2D eigenvalue weighted by atomic mass is 9.95. The molecule has 0 fully saturated rings. The molecule has 5 nitrogen and oxygen atoms in total. The van der Waals surface area contributed by atoms with Crippen molar-refractivity contribution in [3.8, 4) is 22.8 Å². The molecule has 0 aliphatic rings. The van der Waals surface area contributed by atoms with Crippen LogP contribution in [-0.2, 0) is 5.41 Å². The minimum Gasteiger partial charge on any atom is -0.497 e. The lowest BCUT2D eigenvalue weighted by molar-refractivity contribution is 0.394. The van der Waals surface area contributed by atoms with Gasteiger partial charge >= 0.3 is 0 Å². The number of H-pyrrole nitrogens is 1. The maximum Gasteiger partial charge on any atom is 0.251 e. The van der Waals surface area contributed by atoms with Crippen LogP contribution in [-0.4, -0.2) is 24.2 Å². The summed E-state index contributed by atoms with van der Waals surface area (Å²) in [6, 6.07) is 6.91. The van der Waals surface area contributed by atoms with E-state index < -0.39 is 0 Å². The Morgan fingerprint density at radius 2 is 1.57 bits per heavy atom. The Kier molecular flexibility index (Phi) is 4.02. The molecule has 0 radical (unpaired) electrons. The van der Waals surface area contributed by atoms with Gasteiger partial charge in [-0.05, 0) is 12.1 Å². The lowest BCUT2D eigenvalue weighted by Crippen LogP contribution is -2.21. The molecule has 0 spiro atoms. The fraction of sp³-hybridized carbons (Fsp3) is 0.375. The first-order valence-electron chi connectivity index (χ1n) is 6.69. The van der Waals surface area contributed by atoms with Crippen LogP contribution in [0.25, 0.3) is 11.3 Å².